The number of nitrogens with two attached hydrogens (primary N) is 1. The molecule has 1 aromatic carbocycles. The molecule has 0 unspecified atom stereocenters. The van der Waals surface area contributed by atoms with Gasteiger partial charge >= 0.3 is 0 Å². The molecule has 0 aliphatic carbocycles. The summed E-state index contributed by atoms with van der Waals surface area (Å²) < 4.78 is 13.7. The van der Waals surface area contributed by atoms with Crippen LogP contribution < -0.4 is 5.73 Å². The maximum Gasteiger partial charge on any atom is 0.205 e. The summed E-state index contributed by atoms with van der Waals surface area (Å²) in [7, 11) is 0. The lowest BCUT2D eigenvalue weighted by Gasteiger charge is -2.02. The third-order valence-corrected chi connectivity index (χ3v) is 4.60. The van der Waals surface area contributed by atoms with Gasteiger partial charge < -0.3 is 5.73 Å². The van der Waals surface area contributed by atoms with Gasteiger partial charge in [0, 0.05) is 11.3 Å². The number of nitrogen functional groups attached to an aromatic ring is 1. The van der Waals surface area contributed by atoms with E-state index in [0.29, 0.717) is 13.7 Å². The fourth-order valence-corrected chi connectivity index (χ4v) is 2.97. The number of hydrogen-bond acceptors (Lipinski definition) is 3. The Bertz CT molecular complexity index is 580. The molecule has 0 spiro atoms. The number of benzene rings is 1. The molecule has 88 valence electrons. The molecule has 0 fully saturated rings. The first-order valence-corrected chi connectivity index (χ1v) is 6.52. The first kappa shape index (κ1) is 12.5. The Labute approximate surface area is 114 Å². The summed E-state index contributed by atoms with van der Waals surface area (Å²) in [5.74, 6) is -0.830. The average Bonchev–Trinajstić information content (AvgIpc) is 2.62. The van der Waals surface area contributed by atoms with Gasteiger partial charge in [0.05, 0.1) is 13.7 Å². The predicted octanol–water partition coefficient (Wildman–Crippen LogP) is 4.12. The lowest BCUT2D eigenvalue weighted by atomic mass is 10.1. The Morgan fingerprint density at radius 1 is 1.41 bits per heavy atom. The van der Waals surface area contributed by atoms with E-state index >= 15 is 0 Å². The molecule has 0 bridgehead atoms. The minimum absolute atomic E-state index is 0.149. The zero-order valence-corrected chi connectivity index (χ0v) is 11.5. The second-order valence-electron chi connectivity index (χ2n) is 3.29. The van der Waals surface area contributed by atoms with Crippen LogP contribution in [0.5, 0.6) is 0 Å². The van der Waals surface area contributed by atoms with Crippen molar-refractivity contribution in [2.45, 2.75) is 0 Å². The lowest BCUT2D eigenvalue weighted by Crippen LogP contribution is -2.04. The SMILES string of the molecule is Nc1ccc(F)cc1C(=O)c1cc(Cl)c(Br)s1. The van der Waals surface area contributed by atoms with E-state index in [1.165, 1.54) is 29.5 Å². The van der Waals surface area contributed by atoms with Gasteiger partial charge in [-0.25, -0.2) is 4.39 Å². The monoisotopic (exact) mass is 333 g/mol. The zero-order chi connectivity index (χ0) is 12.6. The van der Waals surface area contributed by atoms with Crippen molar-refractivity contribution in [1.82, 2.24) is 0 Å². The van der Waals surface area contributed by atoms with Crippen molar-refractivity contribution < 1.29 is 9.18 Å². The Kier molecular flexibility index (Phi) is 3.51. The molecule has 0 amide bonds. The minimum Gasteiger partial charge on any atom is -0.398 e. The topological polar surface area (TPSA) is 43.1 Å². The number of carbonyl (C=O) groups excluding carboxylic acids is 1. The normalized spacial score (nSPS) is 10.5. The van der Waals surface area contributed by atoms with E-state index in [-0.39, 0.29) is 17.0 Å². The van der Waals surface area contributed by atoms with Gasteiger partial charge in [0.1, 0.15) is 5.82 Å². The van der Waals surface area contributed by atoms with Crippen LogP contribution >= 0.6 is 38.9 Å². The number of anilines is 1. The molecule has 1 aromatic heterocycles. The molecule has 0 atom stereocenters. The molecule has 17 heavy (non-hydrogen) atoms. The highest BCUT2D eigenvalue weighted by atomic mass is 79.9. The molecule has 0 saturated carbocycles. The molecule has 0 aliphatic rings. The van der Waals surface area contributed by atoms with Gasteiger partial charge in [-0.1, -0.05) is 11.6 Å². The highest BCUT2D eigenvalue weighted by Gasteiger charge is 2.17. The van der Waals surface area contributed by atoms with Gasteiger partial charge in [-0.05, 0) is 40.2 Å². The van der Waals surface area contributed by atoms with E-state index in [2.05, 4.69) is 15.9 Å². The molecule has 2 aromatic rings. The van der Waals surface area contributed by atoms with Crippen molar-refractivity contribution >= 4 is 50.3 Å². The highest BCUT2D eigenvalue weighted by molar-refractivity contribution is 9.11. The number of hydrogen-bond donors (Lipinski definition) is 1. The molecule has 2 nitrogen and oxygen atoms in total. The highest BCUT2D eigenvalue weighted by Crippen LogP contribution is 2.33. The van der Waals surface area contributed by atoms with E-state index < -0.39 is 5.82 Å². The van der Waals surface area contributed by atoms with Crippen LogP contribution in [0.25, 0.3) is 0 Å². The Morgan fingerprint density at radius 2 is 2.12 bits per heavy atom. The predicted molar refractivity (Wildman–Crippen MR) is 71.3 cm³/mol. The first-order chi connectivity index (χ1) is 7.99. The molecule has 0 radical (unpaired) electrons. The van der Waals surface area contributed by atoms with Gasteiger partial charge in [0.15, 0.2) is 0 Å². The Balaban J connectivity index is 2.47. The lowest BCUT2D eigenvalue weighted by molar-refractivity contribution is 0.104. The van der Waals surface area contributed by atoms with Crippen molar-refractivity contribution in [3.05, 3.63) is 49.3 Å². The van der Waals surface area contributed by atoms with Crippen molar-refractivity contribution in [2.24, 2.45) is 0 Å². The Hall–Kier alpha value is -0.910. The third-order valence-electron chi connectivity index (χ3n) is 2.13. The van der Waals surface area contributed by atoms with Gasteiger partial charge in [-0.2, -0.15) is 0 Å². The van der Waals surface area contributed by atoms with Gasteiger partial charge in [-0.15, -0.1) is 11.3 Å². The summed E-state index contributed by atoms with van der Waals surface area (Å²) in [6, 6.07) is 5.23. The van der Waals surface area contributed by atoms with Gasteiger partial charge in [0.25, 0.3) is 0 Å². The molecule has 0 saturated heterocycles. The Morgan fingerprint density at radius 3 is 2.71 bits per heavy atom. The summed E-state index contributed by atoms with van der Waals surface area (Å²) in [6.45, 7) is 0. The van der Waals surface area contributed by atoms with E-state index in [9.17, 15) is 9.18 Å². The number of ketones is 1. The van der Waals surface area contributed by atoms with Crippen LogP contribution in [0, 0.1) is 5.82 Å². The van der Waals surface area contributed by atoms with Crippen molar-refractivity contribution in [1.29, 1.82) is 0 Å². The fraction of sp³-hybridized carbons (Fsp3) is 0. The second kappa shape index (κ2) is 4.76. The number of halogens is 3. The summed E-state index contributed by atoms with van der Waals surface area (Å²) in [5, 5.41) is 0.452. The standard InChI is InChI=1S/C11H6BrClFNOS/c12-11-7(13)4-9(17-11)10(16)6-3-5(14)1-2-8(6)15/h1-4H,15H2. The summed E-state index contributed by atoms with van der Waals surface area (Å²) in [5.41, 5.74) is 6.04. The van der Waals surface area contributed by atoms with Crippen molar-refractivity contribution in [3.8, 4) is 0 Å². The van der Waals surface area contributed by atoms with Crippen LogP contribution in [-0.2, 0) is 0 Å². The summed E-state index contributed by atoms with van der Waals surface area (Å²) in [6.07, 6.45) is 0. The van der Waals surface area contributed by atoms with Crippen molar-refractivity contribution in [2.75, 3.05) is 5.73 Å². The van der Waals surface area contributed by atoms with Crippen LogP contribution in [0.3, 0.4) is 0 Å². The van der Waals surface area contributed by atoms with E-state index in [4.69, 9.17) is 17.3 Å². The molecule has 1 heterocycles. The largest absolute Gasteiger partial charge is 0.398 e. The molecule has 0 aliphatic heterocycles. The quantitative estimate of drug-likeness (QED) is 0.663. The smallest absolute Gasteiger partial charge is 0.205 e. The zero-order valence-electron chi connectivity index (χ0n) is 8.34. The number of thiophene rings is 1. The summed E-state index contributed by atoms with van der Waals surface area (Å²) in [4.78, 5) is 12.5. The molecule has 2 N–H and O–H groups in total. The second-order valence-corrected chi connectivity index (χ2v) is 6.07. The molecule has 6 heteroatoms. The molecular weight excluding hydrogens is 329 g/mol. The van der Waals surface area contributed by atoms with Gasteiger partial charge in [-0.3, -0.25) is 4.79 Å². The van der Waals surface area contributed by atoms with Crippen LogP contribution in [0.4, 0.5) is 10.1 Å². The third kappa shape index (κ3) is 2.51. The first-order valence-electron chi connectivity index (χ1n) is 4.53. The van der Waals surface area contributed by atoms with E-state index in [1.54, 1.807) is 0 Å². The molecule has 2 rings (SSSR count). The minimum atomic E-state index is -0.496. The molecular formula is C11H6BrClFNOS. The maximum absolute atomic E-state index is 13.1. The van der Waals surface area contributed by atoms with Crippen LogP contribution in [0.1, 0.15) is 15.2 Å². The summed E-state index contributed by atoms with van der Waals surface area (Å²) >= 11 is 10.2. The van der Waals surface area contributed by atoms with E-state index in [0.717, 1.165) is 6.07 Å². The van der Waals surface area contributed by atoms with Crippen LogP contribution in [0.15, 0.2) is 28.1 Å². The van der Waals surface area contributed by atoms with Crippen LogP contribution in [0.2, 0.25) is 5.02 Å². The number of carbonyl (C=O) groups is 1. The average molecular weight is 335 g/mol. The van der Waals surface area contributed by atoms with Gasteiger partial charge in [0.2, 0.25) is 5.78 Å². The van der Waals surface area contributed by atoms with Crippen molar-refractivity contribution in [3.63, 3.8) is 0 Å². The van der Waals surface area contributed by atoms with Crippen LogP contribution in [-0.4, -0.2) is 5.78 Å². The van der Waals surface area contributed by atoms with E-state index in [1.807, 2.05) is 0 Å². The maximum atomic E-state index is 13.1. The fourth-order valence-electron chi connectivity index (χ4n) is 1.32. The number of rotatable bonds is 2.